The maximum absolute atomic E-state index is 11.2. The number of nitrogens with two attached hydrogens (primary N) is 1. The molecule has 1 aromatic carbocycles. The minimum atomic E-state index is -0.423. The van der Waals surface area contributed by atoms with Gasteiger partial charge in [0.2, 0.25) is 11.9 Å². The second-order valence-corrected chi connectivity index (χ2v) is 5.95. The molecule has 2 aromatic rings. The number of carbonyl (C=O) groups is 1. The standard InChI is InChI=1S/C17H21N5O/c1-22(2)17-20-10-13(15(21-17)14-4-3-9-19-14)11-5-7-12(8-6-11)16(18)23/h5-8,10,14,19H,3-4,9H2,1-2H3,(H2,18,23)/t14-/m1/s1. The van der Waals surface area contributed by atoms with Gasteiger partial charge in [-0.05, 0) is 37.1 Å². The topological polar surface area (TPSA) is 84.1 Å². The Morgan fingerprint density at radius 3 is 2.61 bits per heavy atom. The van der Waals surface area contributed by atoms with E-state index in [4.69, 9.17) is 10.7 Å². The fourth-order valence-corrected chi connectivity index (χ4v) is 2.82. The smallest absolute Gasteiger partial charge is 0.248 e. The van der Waals surface area contributed by atoms with E-state index in [-0.39, 0.29) is 6.04 Å². The first-order valence-corrected chi connectivity index (χ1v) is 7.74. The SMILES string of the molecule is CN(C)c1ncc(-c2ccc(C(N)=O)cc2)c([C@H]2CCCN2)n1. The first-order chi connectivity index (χ1) is 11.1. The van der Waals surface area contributed by atoms with E-state index in [1.807, 2.05) is 37.3 Å². The summed E-state index contributed by atoms with van der Waals surface area (Å²) in [6.07, 6.45) is 4.07. The van der Waals surface area contributed by atoms with Crippen molar-refractivity contribution >= 4 is 11.9 Å². The average molecular weight is 311 g/mol. The lowest BCUT2D eigenvalue weighted by atomic mass is 9.99. The lowest BCUT2D eigenvalue weighted by Gasteiger charge is -2.18. The summed E-state index contributed by atoms with van der Waals surface area (Å²) < 4.78 is 0. The van der Waals surface area contributed by atoms with E-state index in [0.717, 1.165) is 36.2 Å². The molecule has 0 bridgehead atoms. The number of primary amides is 1. The quantitative estimate of drug-likeness (QED) is 0.898. The molecule has 6 heteroatoms. The van der Waals surface area contributed by atoms with Gasteiger partial charge in [-0.25, -0.2) is 9.97 Å². The van der Waals surface area contributed by atoms with Gasteiger partial charge in [-0.2, -0.15) is 0 Å². The minimum absolute atomic E-state index is 0.238. The zero-order valence-corrected chi connectivity index (χ0v) is 13.4. The minimum Gasteiger partial charge on any atom is -0.366 e. The van der Waals surface area contributed by atoms with Gasteiger partial charge in [-0.3, -0.25) is 4.79 Å². The zero-order valence-electron chi connectivity index (χ0n) is 13.4. The van der Waals surface area contributed by atoms with Gasteiger partial charge in [0.15, 0.2) is 0 Å². The molecule has 1 aliphatic heterocycles. The number of amides is 1. The summed E-state index contributed by atoms with van der Waals surface area (Å²) in [6.45, 7) is 1.01. The third-order valence-corrected chi connectivity index (χ3v) is 4.08. The number of aromatic nitrogens is 2. The lowest BCUT2D eigenvalue weighted by Crippen LogP contribution is -2.19. The Bertz CT molecular complexity index is 705. The molecule has 2 heterocycles. The molecule has 1 amide bonds. The molecule has 3 N–H and O–H groups in total. The predicted molar refractivity (Wildman–Crippen MR) is 90.3 cm³/mol. The summed E-state index contributed by atoms with van der Waals surface area (Å²) >= 11 is 0. The van der Waals surface area contributed by atoms with Crippen molar-refractivity contribution in [2.75, 3.05) is 25.5 Å². The number of hydrogen-bond donors (Lipinski definition) is 2. The van der Waals surface area contributed by atoms with E-state index in [9.17, 15) is 4.79 Å². The lowest BCUT2D eigenvalue weighted by molar-refractivity contribution is 0.100. The van der Waals surface area contributed by atoms with E-state index in [1.54, 1.807) is 12.1 Å². The van der Waals surface area contributed by atoms with E-state index < -0.39 is 5.91 Å². The largest absolute Gasteiger partial charge is 0.366 e. The third-order valence-electron chi connectivity index (χ3n) is 4.08. The number of rotatable bonds is 4. The van der Waals surface area contributed by atoms with Crippen molar-refractivity contribution in [3.63, 3.8) is 0 Å². The molecule has 0 aliphatic carbocycles. The van der Waals surface area contributed by atoms with Crippen LogP contribution in [0.5, 0.6) is 0 Å². The van der Waals surface area contributed by atoms with Gasteiger partial charge >= 0.3 is 0 Å². The van der Waals surface area contributed by atoms with Crippen molar-refractivity contribution in [1.29, 1.82) is 0 Å². The fraction of sp³-hybridized carbons (Fsp3) is 0.353. The van der Waals surface area contributed by atoms with Gasteiger partial charge < -0.3 is 16.0 Å². The number of anilines is 1. The van der Waals surface area contributed by atoms with Crippen molar-refractivity contribution in [2.24, 2.45) is 5.73 Å². The monoisotopic (exact) mass is 311 g/mol. The van der Waals surface area contributed by atoms with Gasteiger partial charge in [0.05, 0.1) is 11.7 Å². The summed E-state index contributed by atoms with van der Waals surface area (Å²) in [5.74, 6) is 0.277. The highest BCUT2D eigenvalue weighted by Crippen LogP contribution is 2.31. The van der Waals surface area contributed by atoms with Crippen LogP contribution in [0.25, 0.3) is 11.1 Å². The first-order valence-electron chi connectivity index (χ1n) is 7.74. The fourth-order valence-electron chi connectivity index (χ4n) is 2.82. The molecule has 3 rings (SSSR count). The highest BCUT2D eigenvalue weighted by atomic mass is 16.1. The number of hydrogen-bond acceptors (Lipinski definition) is 5. The van der Waals surface area contributed by atoms with Crippen LogP contribution in [-0.4, -0.2) is 36.5 Å². The Morgan fingerprint density at radius 2 is 2.04 bits per heavy atom. The van der Waals surface area contributed by atoms with Gasteiger partial charge in [-0.15, -0.1) is 0 Å². The van der Waals surface area contributed by atoms with Crippen molar-refractivity contribution in [3.05, 3.63) is 41.7 Å². The molecule has 1 atom stereocenters. The van der Waals surface area contributed by atoms with Crippen LogP contribution in [0, 0.1) is 0 Å². The van der Waals surface area contributed by atoms with Crippen LogP contribution in [-0.2, 0) is 0 Å². The summed E-state index contributed by atoms with van der Waals surface area (Å²) in [5.41, 5.74) is 8.80. The first kappa shape index (κ1) is 15.4. The molecule has 6 nitrogen and oxygen atoms in total. The van der Waals surface area contributed by atoms with Crippen LogP contribution in [0.15, 0.2) is 30.5 Å². The van der Waals surface area contributed by atoms with Crippen LogP contribution in [0.3, 0.4) is 0 Å². The van der Waals surface area contributed by atoms with Crippen molar-refractivity contribution in [2.45, 2.75) is 18.9 Å². The molecular formula is C17H21N5O. The number of benzene rings is 1. The summed E-state index contributed by atoms with van der Waals surface area (Å²) in [6, 6.07) is 7.51. The van der Waals surface area contributed by atoms with Crippen LogP contribution in [0.4, 0.5) is 5.95 Å². The molecule has 0 saturated carbocycles. The van der Waals surface area contributed by atoms with Crippen LogP contribution in [0.2, 0.25) is 0 Å². The molecule has 1 saturated heterocycles. The van der Waals surface area contributed by atoms with Crippen molar-refractivity contribution in [3.8, 4) is 11.1 Å². The predicted octanol–water partition coefficient (Wildman–Crippen LogP) is 1.73. The molecule has 0 unspecified atom stereocenters. The zero-order chi connectivity index (χ0) is 16.4. The van der Waals surface area contributed by atoms with Gasteiger partial charge in [-0.1, -0.05) is 12.1 Å². The highest BCUT2D eigenvalue weighted by molar-refractivity contribution is 5.93. The van der Waals surface area contributed by atoms with Crippen LogP contribution in [0.1, 0.15) is 34.9 Å². The Hall–Kier alpha value is -2.47. The van der Waals surface area contributed by atoms with Gasteiger partial charge in [0.1, 0.15) is 0 Å². The Kier molecular flexibility index (Phi) is 4.25. The molecule has 0 radical (unpaired) electrons. The average Bonchev–Trinajstić information content (AvgIpc) is 3.08. The molecule has 23 heavy (non-hydrogen) atoms. The number of nitrogens with one attached hydrogen (secondary N) is 1. The van der Waals surface area contributed by atoms with E-state index >= 15 is 0 Å². The van der Waals surface area contributed by atoms with E-state index in [1.165, 1.54) is 0 Å². The van der Waals surface area contributed by atoms with Crippen LogP contribution >= 0.6 is 0 Å². The number of nitrogens with zero attached hydrogens (tertiary/aromatic N) is 3. The second-order valence-electron chi connectivity index (χ2n) is 5.95. The normalized spacial score (nSPS) is 17.2. The summed E-state index contributed by atoms with van der Waals surface area (Å²) in [4.78, 5) is 22.3. The van der Waals surface area contributed by atoms with Crippen molar-refractivity contribution in [1.82, 2.24) is 15.3 Å². The van der Waals surface area contributed by atoms with E-state index in [0.29, 0.717) is 11.5 Å². The Labute approximate surface area is 135 Å². The maximum Gasteiger partial charge on any atom is 0.248 e. The second kappa shape index (κ2) is 6.34. The summed E-state index contributed by atoms with van der Waals surface area (Å²) in [5, 5.41) is 3.50. The highest BCUT2D eigenvalue weighted by Gasteiger charge is 2.22. The van der Waals surface area contributed by atoms with Gasteiger partial charge in [0.25, 0.3) is 0 Å². The molecule has 0 spiro atoms. The van der Waals surface area contributed by atoms with Crippen LogP contribution < -0.4 is 16.0 Å². The molecular weight excluding hydrogens is 290 g/mol. The van der Waals surface area contributed by atoms with E-state index in [2.05, 4.69) is 10.3 Å². The molecule has 1 aromatic heterocycles. The third kappa shape index (κ3) is 3.17. The molecule has 1 fully saturated rings. The maximum atomic E-state index is 11.2. The Balaban J connectivity index is 2.04. The Morgan fingerprint density at radius 1 is 1.30 bits per heavy atom. The molecule has 120 valence electrons. The number of carbonyl (C=O) groups excluding carboxylic acids is 1. The summed E-state index contributed by atoms with van der Waals surface area (Å²) in [7, 11) is 3.87. The molecule has 1 aliphatic rings. The van der Waals surface area contributed by atoms with Crippen molar-refractivity contribution < 1.29 is 4.79 Å². The van der Waals surface area contributed by atoms with Gasteiger partial charge in [0, 0.05) is 31.4 Å².